The lowest BCUT2D eigenvalue weighted by molar-refractivity contribution is 0.911. The first-order chi connectivity index (χ1) is 9.97. The summed E-state index contributed by atoms with van der Waals surface area (Å²) in [6.07, 6.45) is 0. The monoisotopic (exact) mass is 343 g/mol. The molecule has 0 fully saturated rings. The molecule has 0 atom stereocenters. The van der Waals surface area contributed by atoms with Gasteiger partial charge in [0.2, 0.25) is 0 Å². The summed E-state index contributed by atoms with van der Waals surface area (Å²) in [6, 6.07) is 9.78. The van der Waals surface area contributed by atoms with E-state index in [9.17, 15) is 4.79 Å². The highest BCUT2D eigenvalue weighted by molar-refractivity contribution is 9.10. The number of aromatic nitrogens is 3. The van der Waals surface area contributed by atoms with Crippen LogP contribution in [-0.4, -0.2) is 14.5 Å². The second kappa shape index (κ2) is 5.07. The number of pyridine rings is 1. The summed E-state index contributed by atoms with van der Waals surface area (Å²) in [4.78, 5) is 20.9. The lowest BCUT2D eigenvalue weighted by atomic mass is 10.1. The van der Waals surface area contributed by atoms with Crippen molar-refractivity contribution in [2.24, 2.45) is 0 Å². The van der Waals surface area contributed by atoms with Crippen molar-refractivity contribution >= 4 is 27.0 Å². The number of fused-ring (bicyclic) bond motifs is 1. The molecule has 0 amide bonds. The standard InChI is InChI=1S/C16H14BrN3O/c1-9-8-10(2)18-15-14(9)16(21)19-11(3)20(15)13-6-4-12(17)5-7-13/h4-8H,1-3H3. The van der Waals surface area contributed by atoms with Gasteiger partial charge in [-0.1, -0.05) is 15.9 Å². The van der Waals surface area contributed by atoms with E-state index in [0.29, 0.717) is 16.9 Å². The Balaban J connectivity index is 2.47. The highest BCUT2D eigenvalue weighted by atomic mass is 79.9. The van der Waals surface area contributed by atoms with E-state index in [-0.39, 0.29) is 5.56 Å². The third kappa shape index (κ3) is 2.38. The molecule has 5 heteroatoms. The summed E-state index contributed by atoms with van der Waals surface area (Å²) in [5.74, 6) is 0.632. The van der Waals surface area contributed by atoms with Crippen LogP contribution in [0.25, 0.3) is 16.7 Å². The van der Waals surface area contributed by atoms with Crippen molar-refractivity contribution in [3.05, 3.63) is 62.2 Å². The molecule has 0 saturated carbocycles. The van der Waals surface area contributed by atoms with E-state index in [1.165, 1.54) is 0 Å². The second-order valence-electron chi connectivity index (χ2n) is 5.06. The summed E-state index contributed by atoms with van der Waals surface area (Å²) >= 11 is 3.43. The van der Waals surface area contributed by atoms with Gasteiger partial charge in [-0.25, -0.2) is 4.98 Å². The van der Waals surface area contributed by atoms with Crippen molar-refractivity contribution in [1.29, 1.82) is 0 Å². The summed E-state index contributed by atoms with van der Waals surface area (Å²) in [7, 11) is 0. The van der Waals surface area contributed by atoms with Crippen LogP contribution in [0.15, 0.2) is 39.6 Å². The molecular weight excluding hydrogens is 330 g/mol. The summed E-state index contributed by atoms with van der Waals surface area (Å²) in [5.41, 5.74) is 3.16. The van der Waals surface area contributed by atoms with Crippen LogP contribution in [0.1, 0.15) is 17.1 Å². The molecule has 3 aromatic rings. The SMILES string of the molecule is Cc1cc(C)c2c(=O)nc(C)n(-c3ccc(Br)cc3)c2n1. The van der Waals surface area contributed by atoms with Crippen molar-refractivity contribution in [3.63, 3.8) is 0 Å². The highest BCUT2D eigenvalue weighted by Crippen LogP contribution is 2.21. The number of hydrogen-bond acceptors (Lipinski definition) is 3. The van der Waals surface area contributed by atoms with Crippen molar-refractivity contribution in [2.45, 2.75) is 20.8 Å². The topological polar surface area (TPSA) is 47.8 Å². The highest BCUT2D eigenvalue weighted by Gasteiger charge is 2.13. The van der Waals surface area contributed by atoms with Gasteiger partial charge in [-0.2, -0.15) is 4.98 Å². The second-order valence-corrected chi connectivity index (χ2v) is 5.97. The van der Waals surface area contributed by atoms with Crippen molar-refractivity contribution in [3.8, 4) is 5.69 Å². The smallest absolute Gasteiger partial charge is 0.282 e. The molecule has 3 rings (SSSR count). The number of benzene rings is 1. The van der Waals surface area contributed by atoms with Crippen LogP contribution in [0, 0.1) is 20.8 Å². The average molecular weight is 344 g/mol. The van der Waals surface area contributed by atoms with Crippen molar-refractivity contribution in [1.82, 2.24) is 14.5 Å². The Morgan fingerprint density at radius 3 is 2.38 bits per heavy atom. The molecule has 0 aliphatic carbocycles. The Labute approximate surface area is 130 Å². The molecule has 0 aliphatic heterocycles. The number of hydrogen-bond donors (Lipinski definition) is 0. The van der Waals surface area contributed by atoms with Gasteiger partial charge in [-0.3, -0.25) is 9.36 Å². The van der Waals surface area contributed by atoms with E-state index in [4.69, 9.17) is 0 Å². The van der Waals surface area contributed by atoms with Crippen LogP contribution in [0.4, 0.5) is 0 Å². The molecule has 0 saturated heterocycles. The van der Waals surface area contributed by atoms with E-state index < -0.39 is 0 Å². The van der Waals surface area contributed by atoms with Gasteiger partial charge in [0.15, 0.2) is 5.65 Å². The Morgan fingerprint density at radius 1 is 1.05 bits per heavy atom. The van der Waals surface area contributed by atoms with Gasteiger partial charge < -0.3 is 0 Å². The lowest BCUT2D eigenvalue weighted by Gasteiger charge is -2.14. The van der Waals surface area contributed by atoms with E-state index in [0.717, 1.165) is 21.4 Å². The van der Waals surface area contributed by atoms with Crippen LogP contribution >= 0.6 is 15.9 Å². The van der Waals surface area contributed by atoms with Gasteiger partial charge in [0, 0.05) is 15.9 Å². The summed E-state index contributed by atoms with van der Waals surface area (Å²) in [6.45, 7) is 5.67. The van der Waals surface area contributed by atoms with Gasteiger partial charge in [0.1, 0.15) is 5.82 Å². The summed E-state index contributed by atoms with van der Waals surface area (Å²) in [5, 5.41) is 0.578. The maximum absolute atomic E-state index is 12.2. The minimum Gasteiger partial charge on any atom is -0.282 e. The predicted octanol–water partition coefficient (Wildman–Crippen LogP) is 3.47. The molecule has 0 spiro atoms. The van der Waals surface area contributed by atoms with E-state index in [1.54, 1.807) is 0 Å². The first-order valence-electron chi connectivity index (χ1n) is 6.61. The molecule has 21 heavy (non-hydrogen) atoms. The van der Waals surface area contributed by atoms with Gasteiger partial charge in [-0.15, -0.1) is 0 Å². The maximum Gasteiger partial charge on any atom is 0.282 e. The number of nitrogens with zero attached hydrogens (tertiary/aromatic N) is 3. The molecule has 0 unspecified atom stereocenters. The van der Waals surface area contributed by atoms with Crippen LogP contribution < -0.4 is 5.56 Å². The Kier molecular flexibility index (Phi) is 3.37. The average Bonchev–Trinajstić information content (AvgIpc) is 2.39. The number of rotatable bonds is 1. The van der Waals surface area contributed by atoms with Gasteiger partial charge >= 0.3 is 0 Å². The lowest BCUT2D eigenvalue weighted by Crippen LogP contribution is -2.18. The molecular formula is C16H14BrN3O. The molecule has 0 aliphatic rings. The van der Waals surface area contributed by atoms with E-state index in [2.05, 4.69) is 25.9 Å². The summed E-state index contributed by atoms with van der Waals surface area (Å²) < 4.78 is 2.92. The Morgan fingerprint density at radius 2 is 1.71 bits per heavy atom. The zero-order chi connectivity index (χ0) is 15.1. The van der Waals surface area contributed by atoms with E-state index in [1.807, 2.05) is 55.7 Å². The van der Waals surface area contributed by atoms with Crippen LogP contribution in [0.5, 0.6) is 0 Å². The first-order valence-corrected chi connectivity index (χ1v) is 7.40. The van der Waals surface area contributed by atoms with Crippen LogP contribution in [-0.2, 0) is 0 Å². The fourth-order valence-corrected chi connectivity index (χ4v) is 2.81. The van der Waals surface area contributed by atoms with Crippen LogP contribution in [0.2, 0.25) is 0 Å². The Bertz CT molecular complexity index is 898. The predicted molar refractivity (Wildman–Crippen MR) is 87.0 cm³/mol. The fourth-order valence-electron chi connectivity index (χ4n) is 2.55. The van der Waals surface area contributed by atoms with Gasteiger partial charge in [-0.05, 0) is 56.7 Å². The molecule has 2 aromatic heterocycles. The largest absolute Gasteiger partial charge is 0.282 e. The molecule has 0 bridgehead atoms. The fraction of sp³-hybridized carbons (Fsp3) is 0.188. The molecule has 1 aromatic carbocycles. The van der Waals surface area contributed by atoms with Gasteiger partial charge in [0.25, 0.3) is 5.56 Å². The third-order valence-corrected chi connectivity index (χ3v) is 3.95. The van der Waals surface area contributed by atoms with Crippen LogP contribution in [0.3, 0.4) is 0 Å². The maximum atomic E-state index is 12.2. The number of aryl methyl sites for hydroxylation is 3. The Hall–Kier alpha value is -2.01. The van der Waals surface area contributed by atoms with E-state index >= 15 is 0 Å². The zero-order valence-electron chi connectivity index (χ0n) is 12.0. The molecule has 0 radical (unpaired) electrons. The van der Waals surface area contributed by atoms with Gasteiger partial charge in [0.05, 0.1) is 5.39 Å². The minimum absolute atomic E-state index is 0.221. The minimum atomic E-state index is -0.221. The molecule has 4 nitrogen and oxygen atoms in total. The van der Waals surface area contributed by atoms with Crippen molar-refractivity contribution in [2.75, 3.05) is 0 Å². The normalized spacial score (nSPS) is 11.0. The molecule has 0 N–H and O–H groups in total. The molecule has 106 valence electrons. The first kappa shape index (κ1) is 13.9. The number of halogens is 1. The quantitative estimate of drug-likeness (QED) is 0.679. The molecule has 2 heterocycles. The van der Waals surface area contributed by atoms with Crippen molar-refractivity contribution < 1.29 is 0 Å². The third-order valence-electron chi connectivity index (χ3n) is 3.42. The zero-order valence-corrected chi connectivity index (χ0v) is 13.6.